The quantitative estimate of drug-likeness (QED) is 0.548. The number of fused-ring (bicyclic) bond motifs is 1. The van der Waals surface area contributed by atoms with E-state index >= 15 is 0 Å². The number of hydrogen-bond acceptors (Lipinski definition) is 4. The van der Waals surface area contributed by atoms with Crippen LogP contribution in [0.2, 0.25) is 0 Å². The third kappa shape index (κ3) is 5.00. The largest absolute Gasteiger partial charge is 0.433 e. The monoisotopic (exact) mass is 463 g/mol. The van der Waals surface area contributed by atoms with Crippen LogP contribution >= 0.6 is 0 Å². The maximum atomic E-state index is 13.7. The van der Waals surface area contributed by atoms with Gasteiger partial charge in [-0.3, -0.25) is 9.69 Å². The van der Waals surface area contributed by atoms with Crippen LogP contribution in [0.3, 0.4) is 0 Å². The first-order chi connectivity index (χ1) is 15.4. The Morgan fingerprint density at radius 3 is 2.21 bits per heavy atom. The smallest absolute Gasteiger partial charge is 0.335 e. The van der Waals surface area contributed by atoms with Crippen LogP contribution in [0.15, 0.2) is 36.4 Å². The molecule has 3 aromatic rings. The van der Waals surface area contributed by atoms with Gasteiger partial charge in [-0.25, -0.2) is 13.9 Å². The van der Waals surface area contributed by atoms with Crippen LogP contribution in [0, 0.1) is 5.82 Å². The number of aromatic nitrogens is 3. The molecule has 0 atom stereocenters. The average molecular weight is 463 g/mol. The van der Waals surface area contributed by atoms with Gasteiger partial charge in [0.1, 0.15) is 11.5 Å². The van der Waals surface area contributed by atoms with E-state index in [4.69, 9.17) is 0 Å². The number of rotatable bonds is 3. The fourth-order valence-corrected chi connectivity index (χ4v) is 3.78. The average Bonchev–Trinajstić information content (AvgIpc) is 3.17. The molecule has 4 rings (SSSR count). The van der Waals surface area contributed by atoms with Crippen molar-refractivity contribution in [3.8, 4) is 0 Å². The molecule has 6 nitrogen and oxygen atoms in total. The standard InChI is InChI=1S/C23H25F4N5O/c1-22(2,3)18-13-19(23(25,26)27)32-20(28-18)12-17(29-32)21(33)31-10-8-30(9-11-31)14-15-4-6-16(24)7-5-15/h4-7,12-13H,8-11,14H2,1-3H3. The first-order valence-corrected chi connectivity index (χ1v) is 10.7. The van der Waals surface area contributed by atoms with E-state index in [1.54, 1.807) is 37.8 Å². The summed E-state index contributed by atoms with van der Waals surface area (Å²) in [5.41, 5.74) is -0.385. The molecule has 1 aromatic carbocycles. The normalized spacial score (nSPS) is 15.9. The van der Waals surface area contributed by atoms with Gasteiger partial charge in [-0.1, -0.05) is 32.9 Å². The van der Waals surface area contributed by atoms with Gasteiger partial charge in [-0.05, 0) is 23.8 Å². The van der Waals surface area contributed by atoms with E-state index in [-0.39, 0.29) is 22.9 Å². The highest BCUT2D eigenvalue weighted by molar-refractivity contribution is 5.93. The van der Waals surface area contributed by atoms with Gasteiger partial charge < -0.3 is 4.90 Å². The van der Waals surface area contributed by atoms with Crippen molar-refractivity contribution in [3.05, 3.63) is 64.9 Å². The Morgan fingerprint density at radius 1 is 1.00 bits per heavy atom. The van der Waals surface area contributed by atoms with Crippen molar-refractivity contribution in [1.29, 1.82) is 0 Å². The van der Waals surface area contributed by atoms with Gasteiger partial charge in [0.25, 0.3) is 5.91 Å². The Bertz CT molecular complexity index is 1160. The van der Waals surface area contributed by atoms with E-state index < -0.39 is 23.2 Å². The Hall–Kier alpha value is -3.01. The summed E-state index contributed by atoms with van der Waals surface area (Å²) in [4.78, 5) is 21.0. The molecule has 0 bridgehead atoms. The second-order valence-corrected chi connectivity index (χ2v) is 9.27. The van der Waals surface area contributed by atoms with E-state index in [1.165, 1.54) is 18.2 Å². The Balaban J connectivity index is 1.52. The number of halogens is 4. The molecule has 176 valence electrons. The van der Waals surface area contributed by atoms with E-state index in [9.17, 15) is 22.4 Å². The number of amides is 1. The summed E-state index contributed by atoms with van der Waals surface area (Å²) in [5.74, 6) is -0.716. The number of carbonyl (C=O) groups is 1. The van der Waals surface area contributed by atoms with E-state index in [2.05, 4.69) is 15.0 Å². The summed E-state index contributed by atoms with van der Waals surface area (Å²) >= 11 is 0. The van der Waals surface area contributed by atoms with Crippen molar-refractivity contribution in [3.63, 3.8) is 0 Å². The summed E-state index contributed by atoms with van der Waals surface area (Å²) < 4.78 is 54.8. The zero-order chi connectivity index (χ0) is 24.0. The van der Waals surface area contributed by atoms with Gasteiger partial charge in [0.15, 0.2) is 11.3 Å². The molecule has 0 spiro atoms. The fourth-order valence-electron chi connectivity index (χ4n) is 3.78. The lowest BCUT2D eigenvalue weighted by Gasteiger charge is -2.34. The molecule has 3 heterocycles. The van der Waals surface area contributed by atoms with Gasteiger partial charge in [-0.2, -0.15) is 18.3 Å². The Labute approximate surface area is 188 Å². The Morgan fingerprint density at radius 2 is 1.64 bits per heavy atom. The minimum atomic E-state index is -4.64. The molecular weight excluding hydrogens is 438 g/mol. The molecule has 1 amide bonds. The molecule has 1 aliphatic rings. The van der Waals surface area contributed by atoms with Crippen molar-refractivity contribution in [2.24, 2.45) is 0 Å². The molecule has 1 aliphatic heterocycles. The summed E-state index contributed by atoms with van der Waals surface area (Å²) in [6, 6.07) is 8.57. The molecule has 1 saturated heterocycles. The van der Waals surface area contributed by atoms with Crippen LogP contribution in [0.1, 0.15) is 48.2 Å². The maximum Gasteiger partial charge on any atom is 0.433 e. The number of hydrogen-bond donors (Lipinski definition) is 0. The predicted molar refractivity (Wildman–Crippen MR) is 114 cm³/mol. The van der Waals surface area contributed by atoms with Crippen LogP contribution in [0.5, 0.6) is 0 Å². The molecular formula is C23H25F4N5O. The van der Waals surface area contributed by atoms with Crippen LogP contribution in [0.4, 0.5) is 17.6 Å². The summed E-state index contributed by atoms with van der Waals surface area (Å²) in [5, 5.41) is 3.97. The highest BCUT2D eigenvalue weighted by Crippen LogP contribution is 2.32. The van der Waals surface area contributed by atoms with Crippen molar-refractivity contribution >= 4 is 11.6 Å². The first kappa shape index (κ1) is 23.2. The van der Waals surface area contributed by atoms with Crippen molar-refractivity contribution < 1.29 is 22.4 Å². The molecule has 1 fully saturated rings. The summed E-state index contributed by atoms with van der Waals surface area (Å²) in [6.45, 7) is 7.99. The number of piperazine rings is 1. The second kappa shape index (κ2) is 8.40. The van der Waals surface area contributed by atoms with Gasteiger partial charge >= 0.3 is 6.18 Å². The maximum absolute atomic E-state index is 13.7. The minimum Gasteiger partial charge on any atom is -0.335 e. The highest BCUT2D eigenvalue weighted by atomic mass is 19.4. The van der Waals surface area contributed by atoms with Crippen LogP contribution < -0.4 is 0 Å². The third-order valence-electron chi connectivity index (χ3n) is 5.68. The van der Waals surface area contributed by atoms with Crippen LogP contribution in [-0.2, 0) is 18.1 Å². The zero-order valence-electron chi connectivity index (χ0n) is 18.7. The SMILES string of the molecule is CC(C)(C)c1cc(C(F)(F)F)n2nc(C(=O)N3CCN(Cc4ccc(F)cc4)CC3)cc2n1. The summed E-state index contributed by atoms with van der Waals surface area (Å²) in [6.07, 6.45) is -4.64. The van der Waals surface area contributed by atoms with Gasteiger partial charge in [-0.15, -0.1) is 0 Å². The third-order valence-corrected chi connectivity index (χ3v) is 5.68. The molecule has 0 saturated carbocycles. The van der Waals surface area contributed by atoms with Crippen LogP contribution in [-0.4, -0.2) is 56.5 Å². The van der Waals surface area contributed by atoms with Gasteiger partial charge in [0, 0.05) is 44.2 Å². The molecule has 2 aromatic heterocycles. The number of nitrogens with zero attached hydrogens (tertiary/aromatic N) is 5. The lowest BCUT2D eigenvalue weighted by molar-refractivity contribution is -0.142. The molecule has 0 N–H and O–H groups in total. The zero-order valence-corrected chi connectivity index (χ0v) is 18.7. The molecule has 10 heteroatoms. The van der Waals surface area contributed by atoms with E-state index in [1.807, 2.05) is 0 Å². The lowest BCUT2D eigenvalue weighted by Crippen LogP contribution is -2.48. The molecule has 0 aliphatic carbocycles. The lowest BCUT2D eigenvalue weighted by atomic mass is 9.91. The van der Waals surface area contributed by atoms with Crippen molar-refractivity contribution in [1.82, 2.24) is 24.4 Å². The molecule has 33 heavy (non-hydrogen) atoms. The molecule has 0 unspecified atom stereocenters. The second-order valence-electron chi connectivity index (χ2n) is 9.27. The van der Waals surface area contributed by atoms with Gasteiger partial charge in [0.05, 0.1) is 5.69 Å². The first-order valence-electron chi connectivity index (χ1n) is 10.7. The number of carbonyl (C=O) groups excluding carboxylic acids is 1. The summed E-state index contributed by atoms with van der Waals surface area (Å²) in [7, 11) is 0. The topological polar surface area (TPSA) is 53.7 Å². The number of alkyl halides is 3. The number of benzene rings is 1. The van der Waals surface area contributed by atoms with Crippen molar-refractivity contribution in [2.75, 3.05) is 26.2 Å². The molecule has 0 radical (unpaired) electrons. The predicted octanol–water partition coefficient (Wildman–Crippen LogP) is 4.14. The van der Waals surface area contributed by atoms with E-state index in [0.29, 0.717) is 37.2 Å². The fraction of sp³-hybridized carbons (Fsp3) is 0.435. The van der Waals surface area contributed by atoms with E-state index in [0.717, 1.165) is 11.6 Å². The Kier molecular flexibility index (Phi) is 5.90. The highest BCUT2D eigenvalue weighted by Gasteiger charge is 2.37. The van der Waals surface area contributed by atoms with Crippen molar-refractivity contribution in [2.45, 2.75) is 38.9 Å². The minimum absolute atomic E-state index is 0.00644. The van der Waals surface area contributed by atoms with Gasteiger partial charge in [0.2, 0.25) is 0 Å². The van der Waals surface area contributed by atoms with Crippen LogP contribution in [0.25, 0.3) is 5.65 Å².